The zero-order valence-electron chi connectivity index (χ0n) is 17.6. The Hall–Kier alpha value is -3.17. The van der Waals surface area contributed by atoms with Crippen molar-refractivity contribution in [2.45, 2.75) is 6.92 Å². The van der Waals surface area contributed by atoms with Crippen molar-refractivity contribution < 1.29 is 23.8 Å². The molecule has 3 aromatic rings. The number of benzene rings is 3. The molecule has 0 atom stereocenters. The molecule has 0 saturated heterocycles. The topological polar surface area (TPSA) is 74.2 Å². The molecule has 3 aromatic carbocycles. The van der Waals surface area contributed by atoms with E-state index in [1.807, 2.05) is 25.1 Å². The van der Waals surface area contributed by atoms with Gasteiger partial charge in [-0.25, -0.2) is 14.6 Å². The zero-order chi connectivity index (χ0) is 23.5. The van der Waals surface area contributed by atoms with E-state index in [0.717, 1.165) is 9.13 Å². The molecular formula is C25H17ClINO5. The average molecular weight is 574 g/mol. The first-order valence-corrected chi connectivity index (χ1v) is 11.2. The van der Waals surface area contributed by atoms with Crippen molar-refractivity contribution in [2.75, 3.05) is 7.11 Å². The van der Waals surface area contributed by atoms with Crippen molar-refractivity contribution in [1.82, 2.24) is 0 Å². The average Bonchev–Trinajstić information content (AvgIpc) is 3.17. The summed E-state index contributed by atoms with van der Waals surface area (Å²) in [5.74, 6) is -0.582. The molecule has 0 fully saturated rings. The Labute approximate surface area is 209 Å². The van der Waals surface area contributed by atoms with Crippen molar-refractivity contribution in [2.24, 2.45) is 4.99 Å². The maximum Gasteiger partial charge on any atom is 0.363 e. The minimum Gasteiger partial charge on any atom is -0.493 e. The molecule has 0 radical (unpaired) electrons. The van der Waals surface area contributed by atoms with E-state index in [4.69, 9.17) is 25.8 Å². The fraction of sp³-hybridized carbons (Fsp3) is 0.0800. The Morgan fingerprint density at radius 2 is 1.88 bits per heavy atom. The number of aliphatic imine (C=N–C) groups is 1. The lowest BCUT2D eigenvalue weighted by Gasteiger charge is -2.12. The van der Waals surface area contributed by atoms with Crippen LogP contribution in [0.15, 0.2) is 71.4 Å². The minimum absolute atomic E-state index is 0.0859. The van der Waals surface area contributed by atoms with Gasteiger partial charge in [-0.3, -0.25) is 0 Å². The normalized spacial score (nSPS) is 14.1. The lowest BCUT2D eigenvalue weighted by Crippen LogP contribution is -2.09. The summed E-state index contributed by atoms with van der Waals surface area (Å²) in [6, 6.07) is 17.4. The van der Waals surface area contributed by atoms with E-state index >= 15 is 0 Å². The number of halogens is 2. The van der Waals surface area contributed by atoms with Gasteiger partial charge in [0.05, 0.1) is 17.7 Å². The summed E-state index contributed by atoms with van der Waals surface area (Å²) in [6.07, 6.45) is 1.53. The second-order valence-corrected chi connectivity index (χ2v) is 8.66. The third-order valence-corrected chi connectivity index (χ3v) is 6.28. The van der Waals surface area contributed by atoms with Crippen molar-refractivity contribution in [3.8, 4) is 11.5 Å². The van der Waals surface area contributed by atoms with Gasteiger partial charge in [0.2, 0.25) is 5.90 Å². The highest BCUT2D eigenvalue weighted by Crippen LogP contribution is 2.38. The molecule has 33 heavy (non-hydrogen) atoms. The molecule has 0 aromatic heterocycles. The summed E-state index contributed by atoms with van der Waals surface area (Å²) in [5.41, 5.74) is 2.80. The molecule has 0 bridgehead atoms. The van der Waals surface area contributed by atoms with Gasteiger partial charge in [0, 0.05) is 9.13 Å². The number of rotatable bonds is 5. The lowest BCUT2D eigenvalue weighted by atomic mass is 10.1. The predicted molar refractivity (Wildman–Crippen MR) is 134 cm³/mol. The van der Waals surface area contributed by atoms with E-state index in [0.29, 0.717) is 16.7 Å². The van der Waals surface area contributed by atoms with Gasteiger partial charge in [-0.05, 0) is 89.2 Å². The standard InChI is InChI=1S/C25H17ClINO5/c1-14-10-17(8-9-19(14)27)23-28-20(25(30)33-23)12-15-11-18(26)22(21(13-15)31-2)32-24(29)16-6-4-3-5-7-16/h3-13H,1-2H3/b20-12-. The van der Waals surface area contributed by atoms with E-state index < -0.39 is 11.9 Å². The number of hydrogen-bond donors (Lipinski definition) is 0. The molecule has 1 heterocycles. The second-order valence-electron chi connectivity index (χ2n) is 7.09. The van der Waals surface area contributed by atoms with Crippen LogP contribution in [0, 0.1) is 10.5 Å². The van der Waals surface area contributed by atoms with Crippen molar-refractivity contribution in [3.63, 3.8) is 0 Å². The number of aryl methyl sites for hydroxylation is 1. The quantitative estimate of drug-likeness (QED) is 0.166. The molecule has 6 nitrogen and oxygen atoms in total. The van der Waals surface area contributed by atoms with Gasteiger partial charge >= 0.3 is 11.9 Å². The van der Waals surface area contributed by atoms with Crippen LogP contribution < -0.4 is 9.47 Å². The third-order valence-electron chi connectivity index (χ3n) is 4.78. The zero-order valence-corrected chi connectivity index (χ0v) is 20.5. The summed E-state index contributed by atoms with van der Waals surface area (Å²) in [4.78, 5) is 29.1. The number of nitrogens with zero attached hydrogens (tertiary/aromatic N) is 1. The molecule has 166 valence electrons. The number of hydrogen-bond acceptors (Lipinski definition) is 6. The summed E-state index contributed by atoms with van der Waals surface area (Å²) in [5, 5.41) is 0.148. The van der Waals surface area contributed by atoms with Gasteiger partial charge in [-0.15, -0.1) is 0 Å². The molecule has 0 N–H and O–H groups in total. The Morgan fingerprint density at radius 3 is 2.58 bits per heavy atom. The molecule has 0 unspecified atom stereocenters. The van der Waals surface area contributed by atoms with Crippen LogP contribution in [0.25, 0.3) is 6.08 Å². The van der Waals surface area contributed by atoms with Gasteiger partial charge in [0.25, 0.3) is 0 Å². The van der Waals surface area contributed by atoms with Gasteiger partial charge in [0.1, 0.15) is 0 Å². The Balaban J connectivity index is 1.63. The lowest BCUT2D eigenvalue weighted by molar-refractivity contribution is -0.129. The van der Waals surface area contributed by atoms with Crippen LogP contribution in [-0.4, -0.2) is 24.9 Å². The number of esters is 2. The largest absolute Gasteiger partial charge is 0.493 e. The Morgan fingerprint density at radius 1 is 1.12 bits per heavy atom. The van der Waals surface area contributed by atoms with Crippen molar-refractivity contribution in [3.05, 3.63) is 97.2 Å². The van der Waals surface area contributed by atoms with Crippen molar-refractivity contribution in [1.29, 1.82) is 0 Å². The first-order chi connectivity index (χ1) is 15.9. The SMILES string of the molecule is COc1cc(/C=C2\N=C(c3ccc(I)c(C)c3)OC2=O)cc(Cl)c1OC(=O)c1ccccc1. The molecule has 0 spiro atoms. The third kappa shape index (κ3) is 5.09. The summed E-state index contributed by atoms with van der Waals surface area (Å²) in [7, 11) is 1.43. The highest BCUT2D eigenvalue weighted by molar-refractivity contribution is 14.1. The molecule has 0 aliphatic carbocycles. The van der Waals surface area contributed by atoms with Crippen LogP contribution in [-0.2, 0) is 9.53 Å². The molecule has 0 amide bonds. The number of carbonyl (C=O) groups excluding carboxylic acids is 2. The van der Waals surface area contributed by atoms with Crippen molar-refractivity contribution >= 4 is 58.1 Å². The van der Waals surface area contributed by atoms with Crippen LogP contribution in [0.3, 0.4) is 0 Å². The molecular weight excluding hydrogens is 557 g/mol. The number of ether oxygens (including phenoxy) is 3. The molecule has 1 aliphatic heterocycles. The summed E-state index contributed by atoms with van der Waals surface area (Å²) >= 11 is 8.62. The van der Waals surface area contributed by atoms with Crippen LogP contribution >= 0.6 is 34.2 Å². The van der Waals surface area contributed by atoms with E-state index in [9.17, 15) is 9.59 Å². The highest BCUT2D eigenvalue weighted by atomic mass is 127. The van der Waals surface area contributed by atoms with Crippen LogP contribution in [0.4, 0.5) is 0 Å². The van der Waals surface area contributed by atoms with E-state index in [1.54, 1.807) is 42.5 Å². The highest BCUT2D eigenvalue weighted by Gasteiger charge is 2.25. The Bertz CT molecular complexity index is 1320. The fourth-order valence-electron chi connectivity index (χ4n) is 3.12. The van der Waals surface area contributed by atoms with Gasteiger partial charge < -0.3 is 14.2 Å². The van der Waals surface area contributed by atoms with E-state index in [-0.39, 0.29) is 28.1 Å². The molecule has 4 rings (SSSR count). The van der Waals surface area contributed by atoms with Crippen LogP contribution in [0.5, 0.6) is 11.5 Å². The first kappa shape index (κ1) is 23.0. The van der Waals surface area contributed by atoms with Gasteiger partial charge in [-0.2, -0.15) is 0 Å². The minimum atomic E-state index is -0.573. The molecule has 0 saturated carbocycles. The summed E-state index contributed by atoms with van der Waals surface area (Å²) in [6.45, 7) is 1.97. The fourth-order valence-corrected chi connectivity index (χ4v) is 3.71. The maximum absolute atomic E-state index is 12.4. The van der Waals surface area contributed by atoms with Crippen LogP contribution in [0.1, 0.15) is 27.0 Å². The Kier molecular flexibility index (Phi) is 6.80. The van der Waals surface area contributed by atoms with E-state index in [1.165, 1.54) is 13.2 Å². The second kappa shape index (κ2) is 9.76. The molecule has 8 heteroatoms. The monoisotopic (exact) mass is 573 g/mol. The van der Waals surface area contributed by atoms with Gasteiger partial charge in [0.15, 0.2) is 17.2 Å². The predicted octanol–water partition coefficient (Wildman–Crippen LogP) is 5.83. The number of carbonyl (C=O) groups is 2. The molecule has 1 aliphatic rings. The first-order valence-electron chi connectivity index (χ1n) is 9.79. The van der Waals surface area contributed by atoms with Gasteiger partial charge in [-0.1, -0.05) is 29.8 Å². The maximum atomic E-state index is 12.4. The number of cyclic esters (lactones) is 1. The smallest absolute Gasteiger partial charge is 0.363 e. The number of methoxy groups -OCH3 is 1. The van der Waals surface area contributed by atoms with E-state index in [2.05, 4.69) is 27.6 Å². The summed E-state index contributed by atoms with van der Waals surface area (Å²) < 4.78 is 17.3. The van der Waals surface area contributed by atoms with Crippen LogP contribution in [0.2, 0.25) is 5.02 Å².